The molecule has 0 bridgehead atoms. The third kappa shape index (κ3) is 3.92. The maximum atomic E-state index is 13.1. The number of carbonyl (C=O) groups excluding carboxylic acids is 1. The molecule has 0 spiro atoms. The van der Waals surface area contributed by atoms with Crippen LogP contribution in [0.25, 0.3) is 11.3 Å². The maximum absolute atomic E-state index is 13.1. The standard InChI is InChI=1S/C19H20F4N4O2/c1-27-15(11-5-6-13(24-9-11)29-18(20)21)14(10-3-2-4-10)16(26-27)25-17(28)12-7-19(22,23)8-12/h5-6,9-10,12,18H,2-4,7-8H2,1H3,(H,25,26,28). The quantitative estimate of drug-likeness (QED) is 0.717. The Morgan fingerprint density at radius 3 is 2.55 bits per heavy atom. The Hall–Kier alpha value is -2.65. The number of halogens is 4. The second-order valence-corrected chi connectivity index (χ2v) is 7.58. The largest absolute Gasteiger partial charge is 0.417 e. The monoisotopic (exact) mass is 412 g/mol. The van der Waals surface area contributed by atoms with Crippen molar-refractivity contribution >= 4 is 11.7 Å². The fourth-order valence-corrected chi connectivity index (χ4v) is 3.81. The van der Waals surface area contributed by atoms with Gasteiger partial charge in [0.05, 0.1) is 5.69 Å². The number of anilines is 1. The van der Waals surface area contributed by atoms with Gasteiger partial charge in [-0.3, -0.25) is 9.48 Å². The van der Waals surface area contributed by atoms with E-state index in [1.165, 1.54) is 12.3 Å². The number of nitrogens with one attached hydrogen (secondary N) is 1. The van der Waals surface area contributed by atoms with Crippen molar-refractivity contribution in [1.82, 2.24) is 14.8 Å². The van der Waals surface area contributed by atoms with Gasteiger partial charge in [0.25, 0.3) is 0 Å². The lowest BCUT2D eigenvalue weighted by atomic mass is 9.78. The molecule has 1 amide bonds. The second-order valence-electron chi connectivity index (χ2n) is 7.58. The number of rotatable bonds is 6. The molecule has 2 aromatic rings. The van der Waals surface area contributed by atoms with Crippen LogP contribution in [0, 0.1) is 5.92 Å². The van der Waals surface area contributed by atoms with E-state index >= 15 is 0 Å². The zero-order valence-corrected chi connectivity index (χ0v) is 15.7. The molecule has 2 fully saturated rings. The molecule has 2 saturated carbocycles. The van der Waals surface area contributed by atoms with Gasteiger partial charge in [-0.15, -0.1) is 0 Å². The summed E-state index contributed by atoms with van der Waals surface area (Å²) < 4.78 is 56.7. The van der Waals surface area contributed by atoms with Crippen molar-refractivity contribution in [1.29, 1.82) is 0 Å². The Kier molecular flexibility index (Phi) is 4.95. The van der Waals surface area contributed by atoms with Crippen LogP contribution in [0.2, 0.25) is 0 Å². The summed E-state index contributed by atoms with van der Waals surface area (Å²) in [5.41, 5.74) is 2.17. The van der Waals surface area contributed by atoms with Gasteiger partial charge >= 0.3 is 6.61 Å². The third-order valence-corrected chi connectivity index (χ3v) is 5.52. The molecule has 0 aliphatic heterocycles. The molecule has 1 N–H and O–H groups in total. The minimum Gasteiger partial charge on any atom is -0.417 e. The summed E-state index contributed by atoms with van der Waals surface area (Å²) in [6.45, 7) is -2.96. The van der Waals surface area contributed by atoms with Gasteiger partial charge in [-0.2, -0.15) is 13.9 Å². The predicted octanol–water partition coefficient (Wildman–Crippen LogP) is 4.33. The first-order chi connectivity index (χ1) is 13.7. The predicted molar refractivity (Wildman–Crippen MR) is 96.0 cm³/mol. The normalized spacial score (nSPS) is 19.0. The van der Waals surface area contributed by atoms with E-state index in [0.29, 0.717) is 17.1 Å². The molecule has 2 aromatic heterocycles. The average Bonchev–Trinajstić information content (AvgIpc) is 2.87. The van der Waals surface area contributed by atoms with E-state index < -0.39 is 37.2 Å². The van der Waals surface area contributed by atoms with Crippen molar-refractivity contribution in [2.24, 2.45) is 13.0 Å². The molecule has 156 valence electrons. The van der Waals surface area contributed by atoms with Gasteiger partial charge in [-0.25, -0.2) is 13.8 Å². The highest BCUT2D eigenvalue weighted by molar-refractivity contribution is 5.94. The highest BCUT2D eigenvalue weighted by Crippen LogP contribution is 2.46. The van der Waals surface area contributed by atoms with E-state index in [4.69, 9.17) is 0 Å². The summed E-state index contributed by atoms with van der Waals surface area (Å²) in [5, 5.41) is 7.12. The van der Waals surface area contributed by atoms with Gasteiger partial charge in [-0.1, -0.05) is 6.42 Å². The number of aryl methyl sites for hydroxylation is 1. The molecule has 0 unspecified atom stereocenters. The minimum atomic E-state index is -2.96. The molecule has 2 aliphatic carbocycles. The van der Waals surface area contributed by atoms with Gasteiger partial charge < -0.3 is 10.1 Å². The first-order valence-electron chi connectivity index (χ1n) is 9.40. The average molecular weight is 412 g/mol. The summed E-state index contributed by atoms with van der Waals surface area (Å²) in [6.07, 6.45) is 3.39. The number of hydrogen-bond donors (Lipinski definition) is 1. The van der Waals surface area contributed by atoms with E-state index in [0.717, 1.165) is 24.8 Å². The van der Waals surface area contributed by atoms with Crippen LogP contribution in [0.1, 0.15) is 43.6 Å². The minimum absolute atomic E-state index is 0.175. The molecule has 0 atom stereocenters. The summed E-state index contributed by atoms with van der Waals surface area (Å²) in [4.78, 5) is 16.3. The van der Waals surface area contributed by atoms with Gasteiger partial charge in [0.15, 0.2) is 5.82 Å². The van der Waals surface area contributed by atoms with E-state index in [2.05, 4.69) is 20.1 Å². The zero-order chi connectivity index (χ0) is 20.8. The lowest BCUT2D eigenvalue weighted by Crippen LogP contribution is -2.42. The van der Waals surface area contributed by atoms with Gasteiger partial charge in [-0.05, 0) is 24.8 Å². The lowest BCUT2D eigenvalue weighted by molar-refractivity contribution is -0.145. The summed E-state index contributed by atoms with van der Waals surface area (Å²) in [5.74, 6) is -3.62. The smallest absolute Gasteiger partial charge is 0.388 e. The summed E-state index contributed by atoms with van der Waals surface area (Å²) in [6, 6.07) is 2.94. The fraction of sp³-hybridized carbons (Fsp3) is 0.526. The molecule has 10 heteroatoms. The first kappa shape index (κ1) is 19.7. The number of amides is 1. The van der Waals surface area contributed by atoms with Crippen LogP contribution in [0.5, 0.6) is 5.88 Å². The van der Waals surface area contributed by atoms with E-state index in [1.54, 1.807) is 17.8 Å². The van der Waals surface area contributed by atoms with Crippen molar-refractivity contribution in [2.45, 2.75) is 50.6 Å². The molecule has 6 nitrogen and oxygen atoms in total. The number of aromatic nitrogens is 3. The van der Waals surface area contributed by atoms with E-state index in [9.17, 15) is 22.4 Å². The van der Waals surface area contributed by atoms with Crippen LogP contribution in [-0.2, 0) is 11.8 Å². The molecule has 29 heavy (non-hydrogen) atoms. The number of alkyl halides is 4. The lowest BCUT2D eigenvalue weighted by Gasteiger charge is -2.33. The molecule has 0 saturated heterocycles. The van der Waals surface area contributed by atoms with Crippen LogP contribution < -0.4 is 10.1 Å². The Labute approximate surface area is 164 Å². The van der Waals surface area contributed by atoms with Crippen LogP contribution in [0.3, 0.4) is 0 Å². The van der Waals surface area contributed by atoms with Gasteiger partial charge in [0.1, 0.15) is 0 Å². The van der Waals surface area contributed by atoms with Crippen LogP contribution in [0.4, 0.5) is 23.4 Å². The highest BCUT2D eigenvalue weighted by atomic mass is 19.3. The van der Waals surface area contributed by atoms with Crippen molar-refractivity contribution in [3.8, 4) is 17.1 Å². The third-order valence-electron chi connectivity index (χ3n) is 5.52. The first-order valence-corrected chi connectivity index (χ1v) is 9.40. The van der Waals surface area contributed by atoms with Crippen molar-refractivity contribution in [2.75, 3.05) is 5.32 Å². The number of pyridine rings is 1. The number of nitrogens with zero attached hydrogens (tertiary/aromatic N) is 3. The molecule has 0 aromatic carbocycles. The molecule has 2 heterocycles. The highest BCUT2D eigenvalue weighted by Gasteiger charge is 2.49. The summed E-state index contributed by atoms with van der Waals surface area (Å²) in [7, 11) is 1.70. The molecule has 0 radical (unpaired) electrons. The topological polar surface area (TPSA) is 69.0 Å². The van der Waals surface area contributed by atoms with Crippen LogP contribution >= 0.6 is 0 Å². The Morgan fingerprint density at radius 1 is 1.31 bits per heavy atom. The summed E-state index contributed by atoms with van der Waals surface area (Å²) >= 11 is 0. The number of carbonyl (C=O) groups is 1. The molecular formula is C19H20F4N4O2. The Balaban J connectivity index is 1.61. The van der Waals surface area contributed by atoms with E-state index in [1.807, 2.05) is 0 Å². The number of hydrogen-bond acceptors (Lipinski definition) is 4. The van der Waals surface area contributed by atoms with E-state index in [-0.39, 0.29) is 11.8 Å². The van der Waals surface area contributed by atoms with Gasteiger partial charge in [0.2, 0.25) is 17.7 Å². The van der Waals surface area contributed by atoms with Crippen molar-refractivity contribution < 1.29 is 27.1 Å². The molecule has 2 aliphatic rings. The van der Waals surface area contributed by atoms with Gasteiger partial charge in [0, 0.05) is 49.2 Å². The maximum Gasteiger partial charge on any atom is 0.388 e. The second kappa shape index (κ2) is 7.31. The zero-order valence-electron chi connectivity index (χ0n) is 15.7. The van der Waals surface area contributed by atoms with Crippen LogP contribution in [0.15, 0.2) is 18.3 Å². The van der Waals surface area contributed by atoms with Crippen molar-refractivity contribution in [3.63, 3.8) is 0 Å². The SMILES string of the molecule is Cn1nc(NC(=O)C2CC(F)(F)C2)c(C2CCC2)c1-c1ccc(OC(F)F)nc1. The Morgan fingerprint density at radius 2 is 2.03 bits per heavy atom. The Bertz CT molecular complexity index is 902. The fourth-order valence-electron chi connectivity index (χ4n) is 3.81. The molecule has 4 rings (SSSR count). The van der Waals surface area contributed by atoms with Crippen molar-refractivity contribution in [3.05, 3.63) is 23.9 Å². The number of ether oxygens (including phenoxy) is 1. The molecular weight excluding hydrogens is 392 g/mol. The van der Waals surface area contributed by atoms with Crippen LogP contribution in [-0.4, -0.2) is 33.2 Å².